The quantitative estimate of drug-likeness (QED) is 0.137. The fourth-order valence-electron chi connectivity index (χ4n) is 6.04. The van der Waals surface area contributed by atoms with E-state index in [1.165, 1.54) is 28.1 Å². The number of aliphatic hydroxyl groups is 1. The third-order valence-electron chi connectivity index (χ3n) is 8.16. The van der Waals surface area contributed by atoms with Crippen LogP contribution in [0, 0.1) is 5.69 Å². The van der Waals surface area contributed by atoms with Crippen LogP contribution < -0.4 is 17.0 Å². The minimum absolute atomic E-state index is 0.0259. The lowest BCUT2D eigenvalue weighted by Gasteiger charge is -2.33. The second-order valence-electron chi connectivity index (χ2n) is 10.9. The molecule has 0 amide bonds. The minimum atomic E-state index is -4.32. The average Bonchev–Trinajstić information content (AvgIpc) is 3.84. The molecule has 0 aromatic carbocycles. The Labute approximate surface area is 270 Å². The lowest BCUT2D eigenvalue weighted by molar-refractivity contribution is -0.183. The number of hydrogen-bond acceptors (Lipinski definition) is 18. The number of nitrogens with two attached hydrogens (primary N) is 2. The summed E-state index contributed by atoms with van der Waals surface area (Å²) in [5.41, 5.74) is 15.9. The number of nitrogens with zero attached hydrogens (tertiary/aromatic N) is 7. The molecule has 0 aliphatic carbocycles. The van der Waals surface area contributed by atoms with Gasteiger partial charge in [-0.3, -0.25) is 37.0 Å². The summed E-state index contributed by atoms with van der Waals surface area (Å²) in [6.07, 6.45) is -4.77. The summed E-state index contributed by atoms with van der Waals surface area (Å²) < 4.78 is 72.1. The summed E-state index contributed by atoms with van der Waals surface area (Å²) in [4.78, 5) is 35.3. The molecule has 4 aliphatic rings. The van der Waals surface area contributed by atoms with E-state index in [9.17, 15) is 19.0 Å². The second-order valence-corrected chi connectivity index (χ2v) is 17.4. The fraction of sp³-hybridized carbons (Fsp3) is 0.500. The third kappa shape index (κ3) is 5.02. The van der Waals surface area contributed by atoms with Crippen molar-refractivity contribution in [1.29, 1.82) is 0 Å². The molecule has 4 aromatic heterocycles. The predicted molar refractivity (Wildman–Crippen MR) is 163 cm³/mol. The van der Waals surface area contributed by atoms with Gasteiger partial charge in [0.15, 0.2) is 35.1 Å². The molecule has 8 heterocycles. The van der Waals surface area contributed by atoms with Gasteiger partial charge in [0.05, 0.1) is 32.5 Å². The molecule has 47 heavy (non-hydrogen) atoms. The first-order chi connectivity index (χ1) is 22.4. The van der Waals surface area contributed by atoms with Gasteiger partial charge in [-0.1, -0.05) is 17.9 Å². The zero-order valence-electron chi connectivity index (χ0n) is 23.5. The Morgan fingerprint density at radius 3 is 2.60 bits per heavy atom. The van der Waals surface area contributed by atoms with Crippen molar-refractivity contribution in [1.82, 2.24) is 39.0 Å². The van der Waals surface area contributed by atoms with Crippen molar-refractivity contribution in [3.63, 3.8) is 0 Å². The highest BCUT2D eigenvalue weighted by molar-refractivity contribution is 8.48. The van der Waals surface area contributed by atoms with E-state index < -0.39 is 80.9 Å². The van der Waals surface area contributed by atoms with Crippen LogP contribution in [0.2, 0.25) is 0 Å². The number of aromatic nitrogens is 8. The van der Waals surface area contributed by atoms with Crippen LogP contribution in [0.5, 0.6) is 0 Å². The predicted octanol–water partition coefficient (Wildman–Crippen LogP) is 0.334. The van der Waals surface area contributed by atoms with E-state index in [4.69, 9.17) is 49.5 Å². The highest BCUT2D eigenvalue weighted by atomic mass is 32.7. The highest BCUT2D eigenvalue weighted by Gasteiger charge is 2.66. The first-order valence-electron chi connectivity index (χ1n) is 13.7. The minimum Gasteiger partial charge on any atom is -0.386 e. The van der Waals surface area contributed by atoms with Gasteiger partial charge in [0.25, 0.3) is 5.56 Å². The lowest BCUT2D eigenvalue weighted by atomic mass is 10.0. The molecule has 0 radical (unpaired) electrons. The number of ether oxygens (including phenoxy) is 3. The number of rotatable bonds is 2. The van der Waals surface area contributed by atoms with E-state index in [2.05, 4.69) is 42.2 Å². The van der Waals surface area contributed by atoms with Gasteiger partial charge in [0.2, 0.25) is 5.95 Å². The molecule has 0 unspecified atom stereocenters. The van der Waals surface area contributed by atoms with Crippen LogP contribution in [-0.4, -0.2) is 100 Å². The van der Waals surface area contributed by atoms with Gasteiger partial charge in [0.1, 0.15) is 48.0 Å². The van der Waals surface area contributed by atoms with Crippen molar-refractivity contribution in [2.75, 3.05) is 31.3 Å². The number of nitrogens with one attached hydrogen (secondary N) is 1. The zero-order chi connectivity index (χ0) is 32.9. The second kappa shape index (κ2) is 11.0. The van der Waals surface area contributed by atoms with Crippen LogP contribution in [0.15, 0.2) is 23.8 Å². The topological polar surface area (TPSA) is 278 Å². The van der Waals surface area contributed by atoms with Crippen molar-refractivity contribution in [2.45, 2.75) is 48.6 Å². The number of nitrogen functional groups attached to an aromatic ring is 2. The monoisotopic (exact) mass is 730 g/mol. The summed E-state index contributed by atoms with van der Waals surface area (Å²) in [5.74, 6) is -0.0689. The molecule has 2 bridgehead atoms. The molecule has 4 aromatic rings. The van der Waals surface area contributed by atoms with Crippen molar-refractivity contribution in [2.24, 2.45) is 0 Å². The molecule has 8 rings (SSSR count). The largest absolute Gasteiger partial charge is 0.418 e. The molecule has 21 nitrogen and oxygen atoms in total. The summed E-state index contributed by atoms with van der Waals surface area (Å²) in [7, 11) is 0.309. The number of thiol groups is 1. The van der Waals surface area contributed by atoms with Gasteiger partial charge >= 0.3 is 13.6 Å². The van der Waals surface area contributed by atoms with Gasteiger partial charge in [-0.2, -0.15) is 4.98 Å². The summed E-state index contributed by atoms with van der Waals surface area (Å²) in [6, 6.07) is 0. The average molecular weight is 731 g/mol. The van der Waals surface area contributed by atoms with Crippen LogP contribution in [0.1, 0.15) is 12.5 Å². The fourth-order valence-corrected chi connectivity index (χ4v) is 9.43. The molecule has 250 valence electrons. The Morgan fingerprint density at radius 2 is 1.81 bits per heavy atom. The number of hydrogen-bond donors (Lipinski definition) is 5. The molecular formula is C22H24N10O11P2S2. The Kier molecular flexibility index (Phi) is 7.32. The van der Waals surface area contributed by atoms with Crippen LogP contribution in [0.3, 0.4) is 0 Å². The van der Waals surface area contributed by atoms with Gasteiger partial charge in [-0.15, -0.1) is 0 Å². The van der Waals surface area contributed by atoms with Crippen LogP contribution >= 0.6 is 36.6 Å². The molecule has 25 heteroatoms. The number of fused-ring (bicyclic) bond motifs is 3. The smallest absolute Gasteiger partial charge is 0.386 e. The highest BCUT2D eigenvalue weighted by Crippen LogP contribution is 2.64. The first kappa shape index (κ1) is 31.3. The standard InChI is InChI=1S/C22H24N10O11P2S2/c1-47-45(36)38-2-8-12(11(33)19(40-8)31-6-27-9-15(23)25-5-26-16(9)31)42-44(35,46)39-4-22-3-37-13(14(22)43-45)20(41-22)32-7-28-10-17(32)29-21(24)30-18(10)34/h1,5-8,11-14,19-20,33H,2-4H2,(H,35,46)(H2,23,25,26)(H3,24,29,30,34)/t8-,11-,12-,13-,14+,19-,20-,22-,44+,45-/m1/s1. The van der Waals surface area contributed by atoms with E-state index in [1.54, 1.807) is 0 Å². The van der Waals surface area contributed by atoms with E-state index in [1.807, 2.05) is 0 Å². The Morgan fingerprint density at radius 1 is 1.04 bits per heavy atom. The molecule has 4 aliphatic heterocycles. The normalized spacial score (nSPS) is 39.0. The summed E-state index contributed by atoms with van der Waals surface area (Å²) in [6.45, 7) is -9.79. The third-order valence-corrected chi connectivity index (χ3v) is 12.3. The van der Waals surface area contributed by atoms with Gasteiger partial charge < -0.3 is 30.8 Å². The summed E-state index contributed by atoms with van der Waals surface area (Å²) in [5, 5.41) is 11.4. The Bertz CT molecular complexity index is 2130. The molecular weight excluding hydrogens is 706 g/mol. The summed E-state index contributed by atoms with van der Waals surface area (Å²) >= 11 is 4.16. The molecule has 4 saturated heterocycles. The molecule has 6 N–H and O–H groups in total. The van der Waals surface area contributed by atoms with Crippen LogP contribution in [0.4, 0.5) is 11.8 Å². The van der Waals surface area contributed by atoms with Crippen molar-refractivity contribution in [3.8, 4) is 5.69 Å². The lowest BCUT2D eigenvalue weighted by Crippen LogP contribution is -2.46. The van der Waals surface area contributed by atoms with E-state index in [0.717, 1.165) is 0 Å². The van der Waals surface area contributed by atoms with E-state index in [0.29, 0.717) is 10.8 Å². The molecule has 10 atom stereocenters. The van der Waals surface area contributed by atoms with E-state index >= 15 is 0 Å². The van der Waals surface area contributed by atoms with Crippen LogP contribution in [-0.2, 0) is 41.4 Å². The zero-order valence-corrected chi connectivity index (χ0v) is 27.0. The number of aliphatic hydroxyl groups excluding tert-OH is 1. The number of imidazole rings is 2. The number of H-pyrrole nitrogens is 1. The Balaban J connectivity index is 1.12. The van der Waals surface area contributed by atoms with Crippen LogP contribution in [0.25, 0.3) is 22.3 Å². The molecule has 4 fully saturated rings. The SMILES string of the molecule is C#S[P@]1(=O)OC[C@H]2O[C@@H](n3cnc4c(N)ncnc43)[C@H](O)[C@@H]2O[P@@](=O)(S)OC[C@@]23CO[C@@H]([C@H](n4cnc5c(=O)[nH]c(N)nc54)O2)[C@@H]3O1. The maximum absolute atomic E-state index is 14.0. The first-order valence-corrected chi connectivity index (χ1v) is 19.4. The maximum Gasteiger partial charge on any atom is 0.418 e. The van der Waals surface area contributed by atoms with Gasteiger partial charge in [-0.25, -0.2) is 29.1 Å². The van der Waals surface area contributed by atoms with Crippen molar-refractivity contribution >= 4 is 70.7 Å². The van der Waals surface area contributed by atoms with Crippen molar-refractivity contribution < 1.29 is 46.5 Å². The van der Waals surface area contributed by atoms with Gasteiger partial charge in [-0.05, 0) is 10.8 Å². The number of aromatic amines is 1. The van der Waals surface area contributed by atoms with Gasteiger partial charge in [0, 0.05) is 0 Å². The number of anilines is 2. The van der Waals surface area contributed by atoms with E-state index in [-0.39, 0.29) is 40.7 Å². The molecule has 0 saturated carbocycles. The molecule has 0 spiro atoms. The van der Waals surface area contributed by atoms with Crippen molar-refractivity contribution in [3.05, 3.63) is 29.3 Å². The maximum atomic E-state index is 14.0. The Hall–Kier alpha value is -3.01.